The Kier molecular flexibility index (Phi) is 4.99. The first kappa shape index (κ1) is 13.6. The third-order valence-corrected chi connectivity index (χ3v) is 3.73. The van der Waals surface area contributed by atoms with Crippen molar-refractivity contribution in [2.75, 3.05) is 5.75 Å². The summed E-state index contributed by atoms with van der Waals surface area (Å²) in [5.41, 5.74) is 1.23. The average molecular weight is 272 g/mol. The van der Waals surface area contributed by atoms with Gasteiger partial charge < -0.3 is 4.57 Å². The number of rotatable bonds is 6. The van der Waals surface area contributed by atoms with Crippen molar-refractivity contribution < 1.29 is 0 Å². The number of benzene rings is 1. The molecule has 2 rings (SSSR count). The number of nitrogens with zero attached hydrogens (tertiary/aromatic N) is 4. The molecule has 0 fully saturated rings. The van der Waals surface area contributed by atoms with Crippen LogP contribution in [0.2, 0.25) is 0 Å². The largest absolute Gasteiger partial charge is 0.306 e. The third kappa shape index (κ3) is 3.58. The zero-order valence-electron chi connectivity index (χ0n) is 10.9. The van der Waals surface area contributed by atoms with Crippen LogP contribution in [0, 0.1) is 11.3 Å². The van der Waals surface area contributed by atoms with Crippen LogP contribution in [0.25, 0.3) is 0 Å². The minimum Gasteiger partial charge on any atom is -0.306 e. The molecule has 0 aliphatic carbocycles. The molecule has 0 saturated heterocycles. The van der Waals surface area contributed by atoms with E-state index in [1.807, 2.05) is 18.2 Å². The highest BCUT2D eigenvalue weighted by molar-refractivity contribution is 7.99. The highest BCUT2D eigenvalue weighted by Gasteiger charge is 2.11. The summed E-state index contributed by atoms with van der Waals surface area (Å²) < 4.78 is 2.12. The minimum absolute atomic E-state index is 0.537. The average Bonchev–Trinajstić information content (AvgIpc) is 2.82. The molecule has 0 radical (unpaired) electrons. The van der Waals surface area contributed by atoms with Crippen molar-refractivity contribution in [2.45, 2.75) is 31.5 Å². The van der Waals surface area contributed by atoms with Gasteiger partial charge in [0.05, 0.1) is 6.07 Å². The van der Waals surface area contributed by atoms with E-state index in [4.69, 9.17) is 5.26 Å². The standard InChI is InChI=1S/C14H16N4S/c1-2-18-13(11-12-7-4-3-5-8-12)16-17-14(18)19-10-6-9-15/h3-5,7-8H,2,6,10-11H2,1H3. The Morgan fingerprint density at radius 1 is 1.26 bits per heavy atom. The molecule has 19 heavy (non-hydrogen) atoms. The predicted octanol–water partition coefficient (Wildman–Crippen LogP) is 2.89. The van der Waals surface area contributed by atoms with Gasteiger partial charge in [-0.2, -0.15) is 5.26 Å². The van der Waals surface area contributed by atoms with Crippen LogP contribution in [-0.2, 0) is 13.0 Å². The van der Waals surface area contributed by atoms with Gasteiger partial charge in [0.1, 0.15) is 5.82 Å². The van der Waals surface area contributed by atoms with Crippen molar-refractivity contribution in [1.29, 1.82) is 5.26 Å². The van der Waals surface area contributed by atoms with E-state index in [0.29, 0.717) is 6.42 Å². The zero-order valence-corrected chi connectivity index (χ0v) is 11.7. The van der Waals surface area contributed by atoms with Gasteiger partial charge in [0, 0.05) is 25.1 Å². The van der Waals surface area contributed by atoms with E-state index in [1.54, 1.807) is 11.8 Å². The summed E-state index contributed by atoms with van der Waals surface area (Å²) in [7, 11) is 0. The van der Waals surface area contributed by atoms with E-state index >= 15 is 0 Å². The van der Waals surface area contributed by atoms with Gasteiger partial charge in [-0.1, -0.05) is 42.1 Å². The van der Waals surface area contributed by atoms with Crippen LogP contribution in [0.3, 0.4) is 0 Å². The van der Waals surface area contributed by atoms with Gasteiger partial charge in [-0.25, -0.2) is 0 Å². The Balaban J connectivity index is 2.11. The SMILES string of the molecule is CCn1c(Cc2ccccc2)nnc1SCCC#N. The van der Waals surface area contributed by atoms with Crippen LogP contribution in [-0.4, -0.2) is 20.5 Å². The molecule has 1 heterocycles. The number of thioether (sulfide) groups is 1. The lowest BCUT2D eigenvalue weighted by Crippen LogP contribution is -2.04. The monoisotopic (exact) mass is 272 g/mol. The Morgan fingerprint density at radius 3 is 2.74 bits per heavy atom. The van der Waals surface area contributed by atoms with E-state index < -0.39 is 0 Å². The molecule has 0 spiro atoms. The molecule has 5 heteroatoms. The molecular formula is C14H16N4S. The van der Waals surface area contributed by atoms with E-state index in [9.17, 15) is 0 Å². The van der Waals surface area contributed by atoms with Gasteiger partial charge in [0.15, 0.2) is 5.16 Å². The van der Waals surface area contributed by atoms with Gasteiger partial charge in [-0.05, 0) is 12.5 Å². The summed E-state index contributed by atoms with van der Waals surface area (Å²) in [4.78, 5) is 0. The molecular weight excluding hydrogens is 256 g/mol. The van der Waals surface area contributed by atoms with Gasteiger partial charge in [-0.3, -0.25) is 0 Å². The molecule has 2 aromatic rings. The fourth-order valence-electron chi connectivity index (χ4n) is 1.84. The predicted molar refractivity (Wildman–Crippen MR) is 75.9 cm³/mol. The molecule has 0 amide bonds. The summed E-state index contributed by atoms with van der Waals surface area (Å²) in [6.45, 7) is 2.94. The molecule has 1 aromatic heterocycles. The smallest absolute Gasteiger partial charge is 0.191 e. The third-order valence-electron chi connectivity index (χ3n) is 2.76. The van der Waals surface area contributed by atoms with E-state index in [0.717, 1.165) is 29.7 Å². The molecule has 1 aromatic carbocycles. The molecule has 98 valence electrons. The van der Waals surface area contributed by atoms with E-state index in [1.165, 1.54) is 5.56 Å². The van der Waals surface area contributed by atoms with E-state index in [2.05, 4.69) is 39.9 Å². The molecule has 0 N–H and O–H groups in total. The molecule has 0 bridgehead atoms. The van der Waals surface area contributed by atoms with Crippen molar-refractivity contribution in [3.63, 3.8) is 0 Å². The lowest BCUT2D eigenvalue weighted by molar-refractivity contribution is 0.651. The maximum absolute atomic E-state index is 8.56. The second-order valence-corrected chi connectivity index (χ2v) is 5.12. The Hall–Kier alpha value is -1.80. The summed E-state index contributed by atoms with van der Waals surface area (Å²) in [6.07, 6.45) is 1.33. The molecule has 0 unspecified atom stereocenters. The second kappa shape index (κ2) is 6.95. The highest BCUT2D eigenvalue weighted by atomic mass is 32.2. The number of aromatic nitrogens is 3. The van der Waals surface area contributed by atoms with Crippen molar-refractivity contribution in [3.8, 4) is 6.07 Å². The molecule has 4 nitrogen and oxygen atoms in total. The van der Waals surface area contributed by atoms with Crippen molar-refractivity contribution in [3.05, 3.63) is 41.7 Å². The van der Waals surface area contributed by atoms with Crippen LogP contribution in [0.5, 0.6) is 0 Å². The fourth-order valence-corrected chi connectivity index (χ4v) is 2.71. The van der Waals surface area contributed by atoms with Gasteiger partial charge in [0.25, 0.3) is 0 Å². The van der Waals surface area contributed by atoms with Crippen LogP contribution >= 0.6 is 11.8 Å². The summed E-state index contributed by atoms with van der Waals surface area (Å²) in [5.74, 6) is 1.74. The molecule has 0 saturated carbocycles. The first-order valence-corrected chi connectivity index (χ1v) is 7.29. The molecule has 0 aliphatic rings. The molecule has 0 atom stereocenters. The maximum atomic E-state index is 8.56. The normalized spacial score (nSPS) is 10.3. The second-order valence-electron chi connectivity index (χ2n) is 4.06. The topological polar surface area (TPSA) is 54.5 Å². The Labute approximate surface area is 117 Å². The minimum atomic E-state index is 0.537. The maximum Gasteiger partial charge on any atom is 0.191 e. The lowest BCUT2D eigenvalue weighted by atomic mass is 10.1. The summed E-state index contributed by atoms with van der Waals surface area (Å²) >= 11 is 1.59. The zero-order chi connectivity index (χ0) is 13.5. The van der Waals surface area contributed by atoms with Crippen molar-refractivity contribution in [1.82, 2.24) is 14.8 Å². The first-order valence-electron chi connectivity index (χ1n) is 6.31. The van der Waals surface area contributed by atoms with E-state index in [-0.39, 0.29) is 0 Å². The van der Waals surface area contributed by atoms with Crippen molar-refractivity contribution >= 4 is 11.8 Å². The molecule has 0 aliphatic heterocycles. The number of hydrogen-bond donors (Lipinski definition) is 0. The quantitative estimate of drug-likeness (QED) is 0.599. The highest BCUT2D eigenvalue weighted by Crippen LogP contribution is 2.19. The van der Waals surface area contributed by atoms with Crippen LogP contribution in [0.1, 0.15) is 24.7 Å². The Morgan fingerprint density at radius 2 is 2.05 bits per heavy atom. The summed E-state index contributed by atoms with van der Waals surface area (Å²) in [6, 6.07) is 12.4. The van der Waals surface area contributed by atoms with Gasteiger partial charge >= 0.3 is 0 Å². The number of nitriles is 1. The van der Waals surface area contributed by atoms with Gasteiger partial charge in [-0.15, -0.1) is 10.2 Å². The Bertz CT molecular complexity index is 557. The van der Waals surface area contributed by atoms with Crippen LogP contribution in [0.15, 0.2) is 35.5 Å². The van der Waals surface area contributed by atoms with Crippen LogP contribution < -0.4 is 0 Å². The van der Waals surface area contributed by atoms with Gasteiger partial charge in [0.2, 0.25) is 0 Å². The lowest BCUT2D eigenvalue weighted by Gasteiger charge is -2.06. The summed E-state index contributed by atoms with van der Waals surface area (Å²) in [5, 5.41) is 18.0. The van der Waals surface area contributed by atoms with Crippen LogP contribution in [0.4, 0.5) is 0 Å². The number of hydrogen-bond acceptors (Lipinski definition) is 4. The fraction of sp³-hybridized carbons (Fsp3) is 0.357. The first-order chi connectivity index (χ1) is 9.35. The van der Waals surface area contributed by atoms with Crippen molar-refractivity contribution in [2.24, 2.45) is 0 Å².